The predicted octanol–water partition coefficient (Wildman–Crippen LogP) is 1.42. The normalized spacial score (nSPS) is 18.6. The van der Waals surface area contributed by atoms with Crippen LogP contribution in [-0.4, -0.2) is 42.3 Å². The molecule has 1 heterocycles. The summed E-state index contributed by atoms with van der Waals surface area (Å²) in [4.78, 5) is 12.9. The second kappa shape index (κ2) is 5.41. The van der Waals surface area contributed by atoms with Crippen LogP contribution in [0.1, 0.15) is 11.6 Å². The summed E-state index contributed by atoms with van der Waals surface area (Å²) in [6.07, 6.45) is 0. The van der Waals surface area contributed by atoms with Gasteiger partial charge in [-0.05, 0) is 6.07 Å². The SMILES string of the molecule is O=C(O)[C@@H](c1ccc(F)cc1F)N1CCOCC1. The zero-order chi connectivity index (χ0) is 13.1. The monoisotopic (exact) mass is 257 g/mol. The fourth-order valence-corrected chi connectivity index (χ4v) is 2.04. The number of benzene rings is 1. The Bertz CT molecular complexity index is 447. The molecule has 1 saturated heterocycles. The fourth-order valence-electron chi connectivity index (χ4n) is 2.04. The molecule has 1 aromatic carbocycles. The van der Waals surface area contributed by atoms with E-state index in [1.54, 1.807) is 4.90 Å². The first-order chi connectivity index (χ1) is 8.59. The third-order valence-corrected chi connectivity index (χ3v) is 2.90. The molecule has 18 heavy (non-hydrogen) atoms. The van der Waals surface area contributed by atoms with Gasteiger partial charge < -0.3 is 9.84 Å². The van der Waals surface area contributed by atoms with Crippen molar-refractivity contribution in [3.8, 4) is 0 Å². The number of hydrogen-bond acceptors (Lipinski definition) is 3. The Hall–Kier alpha value is -1.53. The van der Waals surface area contributed by atoms with E-state index >= 15 is 0 Å². The lowest BCUT2D eigenvalue weighted by molar-refractivity contribution is -0.145. The maximum atomic E-state index is 13.7. The number of ether oxygens (including phenoxy) is 1. The molecule has 0 amide bonds. The van der Waals surface area contributed by atoms with E-state index in [0.29, 0.717) is 32.4 Å². The molecule has 6 heteroatoms. The first-order valence-electron chi connectivity index (χ1n) is 5.59. The van der Waals surface area contributed by atoms with Gasteiger partial charge in [-0.2, -0.15) is 0 Å². The molecule has 0 aromatic heterocycles. The van der Waals surface area contributed by atoms with Crippen molar-refractivity contribution < 1.29 is 23.4 Å². The van der Waals surface area contributed by atoms with Crippen LogP contribution in [0.25, 0.3) is 0 Å². The van der Waals surface area contributed by atoms with Gasteiger partial charge in [-0.15, -0.1) is 0 Å². The van der Waals surface area contributed by atoms with Crippen LogP contribution >= 0.6 is 0 Å². The summed E-state index contributed by atoms with van der Waals surface area (Å²) in [5.74, 6) is -2.71. The molecule has 4 nitrogen and oxygen atoms in total. The average molecular weight is 257 g/mol. The van der Waals surface area contributed by atoms with Crippen molar-refractivity contribution in [1.82, 2.24) is 4.90 Å². The van der Waals surface area contributed by atoms with Crippen LogP contribution in [0, 0.1) is 11.6 Å². The Labute approximate surface area is 103 Å². The number of morpholine rings is 1. The predicted molar refractivity (Wildman–Crippen MR) is 59.1 cm³/mol. The van der Waals surface area contributed by atoms with Crippen LogP contribution in [0.5, 0.6) is 0 Å². The van der Waals surface area contributed by atoms with Gasteiger partial charge in [-0.25, -0.2) is 8.78 Å². The zero-order valence-electron chi connectivity index (χ0n) is 9.60. The van der Waals surface area contributed by atoms with Crippen molar-refractivity contribution in [2.45, 2.75) is 6.04 Å². The Balaban J connectivity index is 2.31. The highest BCUT2D eigenvalue weighted by Gasteiger charge is 2.30. The molecule has 1 aliphatic heterocycles. The Morgan fingerprint density at radius 3 is 2.56 bits per heavy atom. The van der Waals surface area contributed by atoms with Crippen LogP contribution in [0.3, 0.4) is 0 Å². The van der Waals surface area contributed by atoms with Crippen molar-refractivity contribution in [3.05, 3.63) is 35.4 Å². The van der Waals surface area contributed by atoms with Gasteiger partial charge in [0.05, 0.1) is 13.2 Å². The minimum absolute atomic E-state index is 0.0224. The third kappa shape index (κ3) is 2.65. The van der Waals surface area contributed by atoms with Crippen molar-refractivity contribution in [3.63, 3.8) is 0 Å². The van der Waals surface area contributed by atoms with Crippen molar-refractivity contribution >= 4 is 5.97 Å². The van der Waals surface area contributed by atoms with Gasteiger partial charge in [0, 0.05) is 24.7 Å². The quantitative estimate of drug-likeness (QED) is 0.889. The van der Waals surface area contributed by atoms with Crippen LogP contribution in [0.15, 0.2) is 18.2 Å². The number of hydrogen-bond donors (Lipinski definition) is 1. The molecule has 0 unspecified atom stereocenters. The molecule has 0 radical (unpaired) electrons. The summed E-state index contributed by atoms with van der Waals surface area (Å²) in [5.41, 5.74) is -0.0224. The number of carboxylic acids is 1. The number of aliphatic carboxylic acids is 1. The highest BCUT2D eigenvalue weighted by atomic mass is 19.1. The number of carbonyl (C=O) groups is 1. The smallest absolute Gasteiger partial charge is 0.325 e. The van der Waals surface area contributed by atoms with Crippen molar-refractivity contribution in [2.75, 3.05) is 26.3 Å². The van der Waals surface area contributed by atoms with Gasteiger partial charge in [0.1, 0.15) is 17.7 Å². The molecule has 98 valence electrons. The molecule has 1 aliphatic rings. The molecular weight excluding hydrogens is 244 g/mol. The molecule has 0 saturated carbocycles. The standard InChI is InChI=1S/C12H13F2NO3/c13-8-1-2-9(10(14)7-8)11(12(16)17)15-3-5-18-6-4-15/h1-2,7,11H,3-6H2,(H,16,17)/t11-/m1/s1. The Morgan fingerprint density at radius 2 is 2.00 bits per heavy atom. The van der Waals surface area contributed by atoms with Crippen molar-refractivity contribution in [2.24, 2.45) is 0 Å². The van der Waals surface area contributed by atoms with Crippen LogP contribution in [0.4, 0.5) is 8.78 Å². The molecule has 2 rings (SSSR count). The average Bonchev–Trinajstić information content (AvgIpc) is 2.33. The first-order valence-corrected chi connectivity index (χ1v) is 5.59. The topological polar surface area (TPSA) is 49.8 Å². The molecule has 1 N–H and O–H groups in total. The molecule has 1 fully saturated rings. The minimum atomic E-state index is -1.15. The van der Waals surface area contributed by atoms with Gasteiger partial charge in [0.2, 0.25) is 0 Å². The van der Waals surface area contributed by atoms with E-state index in [4.69, 9.17) is 4.74 Å². The molecule has 0 aliphatic carbocycles. The maximum absolute atomic E-state index is 13.7. The van der Waals surface area contributed by atoms with Crippen molar-refractivity contribution in [1.29, 1.82) is 0 Å². The molecule has 1 atom stereocenters. The minimum Gasteiger partial charge on any atom is -0.480 e. The summed E-state index contributed by atoms with van der Waals surface area (Å²) in [5, 5.41) is 9.23. The highest BCUT2D eigenvalue weighted by Crippen LogP contribution is 2.25. The Kier molecular flexibility index (Phi) is 3.88. The molecule has 0 spiro atoms. The van der Waals surface area contributed by atoms with E-state index < -0.39 is 23.6 Å². The zero-order valence-corrected chi connectivity index (χ0v) is 9.60. The number of halogens is 2. The van der Waals surface area contributed by atoms with E-state index in [0.717, 1.165) is 6.07 Å². The van der Waals surface area contributed by atoms with Gasteiger partial charge in [-0.3, -0.25) is 9.69 Å². The van der Waals surface area contributed by atoms with E-state index in [1.807, 2.05) is 0 Å². The summed E-state index contributed by atoms with van der Waals surface area (Å²) in [6, 6.07) is 1.84. The maximum Gasteiger partial charge on any atom is 0.325 e. The lowest BCUT2D eigenvalue weighted by Gasteiger charge is -2.32. The number of rotatable bonds is 3. The van der Waals surface area contributed by atoms with Crippen LogP contribution in [-0.2, 0) is 9.53 Å². The van der Waals surface area contributed by atoms with E-state index in [1.165, 1.54) is 6.07 Å². The fraction of sp³-hybridized carbons (Fsp3) is 0.417. The molecular formula is C12H13F2NO3. The van der Waals surface area contributed by atoms with Crippen LogP contribution < -0.4 is 0 Å². The Morgan fingerprint density at radius 1 is 1.33 bits per heavy atom. The number of carboxylic acid groups (broad SMARTS) is 1. The molecule has 0 bridgehead atoms. The summed E-state index contributed by atoms with van der Waals surface area (Å²) in [7, 11) is 0. The summed E-state index contributed by atoms with van der Waals surface area (Å²) >= 11 is 0. The van der Waals surface area contributed by atoms with E-state index in [9.17, 15) is 18.7 Å². The second-order valence-electron chi connectivity index (χ2n) is 4.05. The van der Waals surface area contributed by atoms with Gasteiger partial charge in [0.15, 0.2) is 0 Å². The lowest BCUT2D eigenvalue weighted by Crippen LogP contribution is -2.42. The summed E-state index contributed by atoms with van der Waals surface area (Å²) < 4.78 is 31.6. The van der Waals surface area contributed by atoms with Gasteiger partial charge in [0.25, 0.3) is 0 Å². The second-order valence-corrected chi connectivity index (χ2v) is 4.05. The third-order valence-electron chi connectivity index (χ3n) is 2.90. The van der Waals surface area contributed by atoms with E-state index in [-0.39, 0.29) is 5.56 Å². The van der Waals surface area contributed by atoms with Crippen LogP contribution in [0.2, 0.25) is 0 Å². The number of nitrogens with zero attached hydrogens (tertiary/aromatic N) is 1. The highest BCUT2D eigenvalue weighted by molar-refractivity contribution is 5.75. The summed E-state index contributed by atoms with van der Waals surface area (Å²) in [6.45, 7) is 1.64. The lowest BCUT2D eigenvalue weighted by atomic mass is 10.0. The van der Waals surface area contributed by atoms with E-state index in [2.05, 4.69) is 0 Å². The molecule has 1 aromatic rings. The first kappa shape index (κ1) is 12.9. The van der Waals surface area contributed by atoms with Gasteiger partial charge in [-0.1, -0.05) is 6.07 Å². The largest absolute Gasteiger partial charge is 0.480 e. The van der Waals surface area contributed by atoms with Gasteiger partial charge >= 0.3 is 5.97 Å².